The molecule has 6 heteroatoms. The van der Waals surface area contributed by atoms with Crippen LogP contribution < -0.4 is 4.72 Å². The summed E-state index contributed by atoms with van der Waals surface area (Å²) in [6, 6.07) is 0.132. The van der Waals surface area contributed by atoms with Crippen LogP contribution in [0.15, 0.2) is 0 Å². The van der Waals surface area contributed by atoms with E-state index in [4.69, 9.17) is 9.47 Å². The average Bonchev–Trinajstić information content (AvgIpc) is 3.20. The number of hydrogen-bond acceptors (Lipinski definition) is 4. The first-order valence-electron chi connectivity index (χ1n) is 14.2. The van der Waals surface area contributed by atoms with Gasteiger partial charge in [-0.2, -0.15) is 0 Å². The number of ether oxygens (including phenoxy) is 2. The van der Waals surface area contributed by atoms with E-state index in [0.717, 1.165) is 43.6 Å². The fourth-order valence-corrected chi connectivity index (χ4v) is 11.5. The van der Waals surface area contributed by atoms with Crippen LogP contribution in [-0.2, 0) is 19.5 Å². The smallest absolute Gasteiger partial charge is 0.208 e. The predicted molar refractivity (Wildman–Crippen MR) is 133 cm³/mol. The highest BCUT2D eigenvalue weighted by atomic mass is 32.2. The molecular weight excluding hydrogens is 446 g/mol. The van der Waals surface area contributed by atoms with E-state index in [0.29, 0.717) is 40.6 Å². The van der Waals surface area contributed by atoms with Gasteiger partial charge in [-0.25, -0.2) is 13.1 Å². The minimum atomic E-state index is -3.13. The maximum Gasteiger partial charge on any atom is 0.208 e. The Morgan fingerprint density at radius 2 is 1.65 bits per heavy atom. The van der Waals surface area contributed by atoms with E-state index in [9.17, 15) is 8.42 Å². The number of fused-ring (bicyclic) bond motifs is 7. The molecule has 6 rings (SSSR count). The molecule has 6 fully saturated rings. The molecule has 4 aliphatic carbocycles. The van der Waals surface area contributed by atoms with Crippen molar-refractivity contribution in [1.82, 2.24) is 4.72 Å². The second-order valence-electron chi connectivity index (χ2n) is 14.0. The molecule has 2 saturated heterocycles. The van der Waals surface area contributed by atoms with Crippen LogP contribution in [-0.4, -0.2) is 39.2 Å². The molecule has 194 valence electrons. The van der Waals surface area contributed by atoms with E-state index < -0.39 is 10.0 Å². The van der Waals surface area contributed by atoms with Crippen molar-refractivity contribution in [1.29, 1.82) is 0 Å². The molecule has 1 N–H and O–H groups in total. The van der Waals surface area contributed by atoms with Gasteiger partial charge in [0.05, 0.1) is 19.0 Å². The Labute approximate surface area is 207 Å². The van der Waals surface area contributed by atoms with E-state index in [1.807, 2.05) is 0 Å². The summed E-state index contributed by atoms with van der Waals surface area (Å²) >= 11 is 0. The van der Waals surface area contributed by atoms with Crippen LogP contribution in [0.2, 0.25) is 0 Å². The lowest BCUT2D eigenvalue weighted by Gasteiger charge is -2.61. The van der Waals surface area contributed by atoms with Crippen molar-refractivity contribution in [3.8, 4) is 0 Å². The highest BCUT2D eigenvalue weighted by Gasteiger charge is 2.69. The lowest BCUT2D eigenvalue weighted by Crippen LogP contribution is -2.56. The minimum Gasteiger partial charge on any atom is -0.349 e. The Balaban J connectivity index is 1.20. The maximum absolute atomic E-state index is 11.8. The number of rotatable bonds is 2. The third kappa shape index (κ3) is 3.51. The molecule has 0 aromatic heterocycles. The Hall–Kier alpha value is -0.170. The Bertz CT molecular complexity index is 913. The molecule has 2 heterocycles. The molecule has 0 unspecified atom stereocenters. The van der Waals surface area contributed by atoms with Crippen LogP contribution in [0.1, 0.15) is 91.9 Å². The van der Waals surface area contributed by atoms with E-state index in [1.165, 1.54) is 51.2 Å². The second-order valence-corrected chi connectivity index (χ2v) is 15.8. The first-order chi connectivity index (χ1) is 16.0. The molecule has 0 radical (unpaired) electrons. The molecule has 0 aromatic rings. The topological polar surface area (TPSA) is 64.6 Å². The Kier molecular flexibility index (Phi) is 5.63. The van der Waals surface area contributed by atoms with Crippen LogP contribution in [0.3, 0.4) is 0 Å². The molecule has 4 saturated carbocycles. The predicted octanol–water partition coefficient (Wildman–Crippen LogP) is 5.35. The van der Waals surface area contributed by atoms with Crippen molar-refractivity contribution < 1.29 is 17.9 Å². The van der Waals surface area contributed by atoms with Gasteiger partial charge in [0.15, 0.2) is 5.79 Å². The zero-order valence-corrected chi connectivity index (χ0v) is 22.8. The zero-order valence-electron chi connectivity index (χ0n) is 22.0. The van der Waals surface area contributed by atoms with Gasteiger partial charge in [-0.1, -0.05) is 27.7 Å². The largest absolute Gasteiger partial charge is 0.349 e. The lowest BCUT2D eigenvalue weighted by molar-refractivity contribution is -0.273. The van der Waals surface area contributed by atoms with Gasteiger partial charge in [-0.3, -0.25) is 0 Å². The monoisotopic (exact) mass is 493 g/mol. The van der Waals surface area contributed by atoms with Gasteiger partial charge in [-0.05, 0) is 104 Å². The lowest BCUT2D eigenvalue weighted by atomic mass is 9.44. The van der Waals surface area contributed by atoms with Crippen molar-refractivity contribution in [2.45, 2.75) is 110 Å². The maximum atomic E-state index is 11.8. The van der Waals surface area contributed by atoms with Gasteiger partial charge in [0.2, 0.25) is 10.0 Å². The molecular formula is C28H47NO4S. The number of hydrogen-bond donors (Lipinski definition) is 1. The number of sulfonamides is 1. The van der Waals surface area contributed by atoms with E-state index >= 15 is 0 Å². The zero-order chi connectivity index (χ0) is 24.1. The molecule has 0 aromatic carbocycles. The SMILES string of the molecule is C[C@@H]1CC[C@@]2(OC1)O[C@H]1C[C@H]3[C@@H]4CC[C@H]5C[C@H](NS(C)(=O)=O)CC[C@]5(C)[C@H]4CC[C@]3(C)[C@H]1[C@@H]2C. The molecule has 34 heavy (non-hydrogen) atoms. The minimum absolute atomic E-state index is 0.132. The summed E-state index contributed by atoms with van der Waals surface area (Å²) in [5, 5.41) is 0. The quantitative estimate of drug-likeness (QED) is 0.563. The molecule has 12 atom stereocenters. The average molecular weight is 494 g/mol. The van der Waals surface area contributed by atoms with Crippen LogP contribution in [0.4, 0.5) is 0 Å². The van der Waals surface area contributed by atoms with Crippen molar-refractivity contribution in [3.63, 3.8) is 0 Å². The molecule has 6 aliphatic rings. The fourth-order valence-electron chi connectivity index (χ4n) is 10.7. The summed E-state index contributed by atoms with van der Waals surface area (Å²) in [6.07, 6.45) is 13.7. The summed E-state index contributed by atoms with van der Waals surface area (Å²) < 4.78 is 40.0. The summed E-state index contributed by atoms with van der Waals surface area (Å²) in [5.74, 6) is 4.48. The van der Waals surface area contributed by atoms with Gasteiger partial charge in [0.1, 0.15) is 0 Å². The van der Waals surface area contributed by atoms with Gasteiger partial charge in [0.25, 0.3) is 0 Å². The molecule has 0 bridgehead atoms. The van der Waals surface area contributed by atoms with Gasteiger partial charge >= 0.3 is 0 Å². The molecule has 0 amide bonds. The summed E-state index contributed by atoms with van der Waals surface area (Å²) in [7, 11) is -3.13. The van der Waals surface area contributed by atoms with Crippen molar-refractivity contribution in [3.05, 3.63) is 0 Å². The van der Waals surface area contributed by atoms with Crippen molar-refractivity contribution in [2.75, 3.05) is 12.9 Å². The highest BCUT2D eigenvalue weighted by molar-refractivity contribution is 7.88. The summed E-state index contributed by atoms with van der Waals surface area (Å²) in [4.78, 5) is 0. The van der Waals surface area contributed by atoms with Crippen LogP contribution >= 0.6 is 0 Å². The fraction of sp³-hybridized carbons (Fsp3) is 1.00. The third-order valence-electron chi connectivity index (χ3n) is 12.3. The van der Waals surface area contributed by atoms with Crippen LogP contribution in [0.5, 0.6) is 0 Å². The summed E-state index contributed by atoms with van der Waals surface area (Å²) in [6.45, 7) is 10.8. The van der Waals surface area contributed by atoms with Gasteiger partial charge in [0, 0.05) is 18.4 Å². The Morgan fingerprint density at radius 3 is 2.35 bits per heavy atom. The summed E-state index contributed by atoms with van der Waals surface area (Å²) in [5.41, 5.74) is 0.743. The normalized spacial score (nSPS) is 57.0. The van der Waals surface area contributed by atoms with E-state index in [1.54, 1.807) is 0 Å². The standard InChI is InChI=1S/C28H47NO4S/c1-17-8-13-28(32-16-17)18(2)25-24(33-28)15-23-21-7-6-19-14-20(29-34(5,30)31)9-11-26(19,3)22(21)10-12-27(23,25)4/h17-25,29H,6-16H2,1-5H3/t17-,18+,19+,20-,21-,22+,23+,24+,25+,26+,27+,28-/m1/s1. The second kappa shape index (κ2) is 7.91. The third-order valence-corrected chi connectivity index (χ3v) is 13.1. The molecule has 1 spiro atoms. The van der Waals surface area contributed by atoms with Gasteiger partial charge < -0.3 is 9.47 Å². The van der Waals surface area contributed by atoms with Crippen molar-refractivity contribution in [2.24, 2.45) is 52.3 Å². The molecule has 5 nitrogen and oxygen atoms in total. The van der Waals surface area contributed by atoms with Gasteiger partial charge in [-0.15, -0.1) is 0 Å². The first-order valence-corrected chi connectivity index (χ1v) is 16.1. The van der Waals surface area contributed by atoms with E-state index in [-0.39, 0.29) is 11.8 Å². The van der Waals surface area contributed by atoms with E-state index in [2.05, 4.69) is 32.4 Å². The number of nitrogens with one attached hydrogen (secondary N) is 1. The van der Waals surface area contributed by atoms with Crippen LogP contribution in [0, 0.1) is 52.3 Å². The first kappa shape index (κ1) is 24.2. The molecule has 2 aliphatic heterocycles. The highest BCUT2D eigenvalue weighted by Crippen LogP contribution is 2.71. The van der Waals surface area contributed by atoms with Crippen molar-refractivity contribution >= 4 is 10.0 Å². The van der Waals surface area contributed by atoms with Crippen LogP contribution in [0.25, 0.3) is 0 Å². The Morgan fingerprint density at radius 1 is 0.882 bits per heavy atom.